The summed E-state index contributed by atoms with van der Waals surface area (Å²) >= 11 is 0. The van der Waals surface area contributed by atoms with E-state index in [2.05, 4.69) is 4.98 Å². The largest absolute Gasteiger partial charge is 0.497 e. The summed E-state index contributed by atoms with van der Waals surface area (Å²) < 4.78 is 39.8. The van der Waals surface area contributed by atoms with Gasteiger partial charge in [0.05, 0.1) is 24.2 Å². The molecular formula is C26H26N2O4S. The fourth-order valence-electron chi connectivity index (χ4n) is 3.51. The van der Waals surface area contributed by atoms with E-state index < -0.39 is 10.0 Å². The Morgan fingerprint density at radius 1 is 0.909 bits per heavy atom. The molecule has 0 aliphatic carbocycles. The van der Waals surface area contributed by atoms with Gasteiger partial charge in [0.2, 0.25) is 5.89 Å². The Morgan fingerprint density at radius 3 is 2.24 bits per heavy atom. The summed E-state index contributed by atoms with van der Waals surface area (Å²) in [6.45, 7) is 5.75. The number of nitrogens with zero attached hydrogens (tertiary/aromatic N) is 2. The van der Waals surface area contributed by atoms with Crippen molar-refractivity contribution in [3.63, 3.8) is 0 Å². The molecule has 1 aromatic heterocycles. The van der Waals surface area contributed by atoms with Crippen LogP contribution in [0.25, 0.3) is 11.5 Å². The van der Waals surface area contributed by atoms with Gasteiger partial charge in [0.1, 0.15) is 17.2 Å². The first-order chi connectivity index (χ1) is 15.8. The van der Waals surface area contributed by atoms with Crippen LogP contribution < -0.4 is 9.04 Å². The van der Waals surface area contributed by atoms with Gasteiger partial charge in [-0.05, 0) is 69.3 Å². The summed E-state index contributed by atoms with van der Waals surface area (Å²) in [4.78, 5) is 4.86. The first-order valence-electron chi connectivity index (χ1n) is 10.5. The van der Waals surface area contributed by atoms with Gasteiger partial charge in [-0.15, -0.1) is 0 Å². The maximum Gasteiger partial charge on any atom is 0.264 e. The van der Waals surface area contributed by atoms with E-state index in [4.69, 9.17) is 9.15 Å². The van der Waals surface area contributed by atoms with Crippen LogP contribution in [0.1, 0.15) is 22.6 Å². The fourth-order valence-corrected chi connectivity index (χ4v) is 4.94. The van der Waals surface area contributed by atoms with Crippen LogP contribution in [-0.4, -0.2) is 20.5 Å². The molecular weight excluding hydrogens is 436 g/mol. The molecule has 0 spiro atoms. The number of methoxy groups -OCH3 is 1. The number of sulfonamides is 1. The first kappa shape index (κ1) is 22.6. The number of anilines is 1. The maximum atomic E-state index is 13.7. The molecule has 7 heteroatoms. The van der Waals surface area contributed by atoms with Crippen LogP contribution in [0.15, 0.2) is 82.1 Å². The summed E-state index contributed by atoms with van der Waals surface area (Å²) in [5.74, 6) is 1.68. The molecule has 0 saturated carbocycles. The molecule has 0 unspecified atom stereocenters. The predicted molar refractivity (Wildman–Crippen MR) is 129 cm³/mol. The molecule has 0 atom stereocenters. The third-order valence-corrected chi connectivity index (χ3v) is 7.21. The van der Waals surface area contributed by atoms with Crippen LogP contribution >= 0.6 is 0 Å². The fraction of sp³-hybridized carbons (Fsp3) is 0.192. The van der Waals surface area contributed by atoms with Crippen molar-refractivity contribution in [3.05, 3.63) is 95.4 Å². The Labute approximate surface area is 194 Å². The molecule has 0 N–H and O–H groups in total. The normalized spacial score (nSPS) is 11.4. The van der Waals surface area contributed by atoms with E-state index in [1.807, 2.05) is 38.1 Å². The molecule has 0 saturated heterocycles. The number of ether oxygens (including phenoxy) is 1. The zero-order valence-corrected chi connectivity index (χ0v) is 19.9. The number of aromatic nitrogens is 1. The molecule has 3 aromatic carbocycles. The Balaban J connectivity index is 1.76. The van der Waals surface area contributed by atoms with E-state index in [1.54, 1.807) is 62.6 Å². The monoisotopic (exact) mass is 462 g/mol. The molecule has 4 rings (SSSR count). The second-order valence-corrected chi connectivity index (χ2v) is 9.78. The maximum absolute atomic E-state index is 13.7. The number of rotatable bonds is 7. The van der Waals surface area contributed by atoms with Gasteiger partial charge in [-0.25, -0.2) is 13.4 Å². The second kappa shape index (κ2) is 9.11. The highest BCUT2D eigenvalue weighted by atomic mass is 32.2. The molecule has 0 bridgehead atoms. The van der Waals surface area contributed by atoms with E-state index in [1.165, 1.54) is 4.31 Å². The highest BCUT2D eigenvalue weighted by Gasteiger charge is 2.27. The lowest BCUT2D eigenvalue weighted by Gasteiger charge is -2.24. The molecule has 0 fully saturated rings. The molecule has 33 heavy (non-hydrogen) atoms. The van der Waals surface area contributed by atoms with E-state index >= 15 is 0 Å². The lowest BCUT2D eigenvalue weighted by atomic mass is 10.1. The molecule has 1 heterocycles. The molecule has 0 amide bonds. The van der Waals surface area contributed by atoms with Crippen molar-refractivity contribution in [1.82, 2.24) is 4.98 Å². The topological polar surface area (TPSA) is 72.6 Å². The van der Waals surface area contributed by atoms with Crippen molar-refractivity contribution in [2.24, 2.45) is 0 Å². The number of benzene rings is 3. The molecule has 0 aliphatic rings. The standard InChI is InChI=1S/C26H26N2O4S/c1-18-8-14-24(15-9-18)33(29,30)28(22-10-12-23(31-4)13-11-22)17-25-20(3)32-26(27-25)21-7-5-6-19(2)16-21/h5-16H,17H2,1-4H3. The van der Waals surface area contributed by atoms with Gasteiger partial charge in [-0.1, -0.05) is 35.4 Å². The summed E-state index contributed by atoms with van der Waals surface area (Å²) in [6, 6.07) is 21.6. The SMILES string of the molecule is COc1ccc(N(Cc2nc(-c3cccc(C)c3)oc2C)S(=O)(=O)c2ccc(C)cc2)cc1. The van der Waals surface area contributed by atoms with Gasteiger partial charge in [0.25, 0.3) is 10.0 Å². The first-order valence-corrected chi connectivity index (χ1v) is 12.0. The minimum absolute atomic E-state index is 0.0314. The van der Waals surface area contributed by atoms with E-state index in [9.17, 15) is 8.42 Å². The van der Waals surface area contributed by atoms with E-state index in [0.29, 0.717) is 28.8 Å². The van der Waals surface area contributed by atoms with Crippen LogP contribution in [0.3, 0.4) is 0 Å². The van der Waals surface area contributed by atoms with Crippen LogP contribution in [-0.2, 0) is 16.6 Å². The quantitative estimate of drug-likeness (QED) is 0.354. The molecule has 4 aromatic rings. The van der Waals surface area contributed by atoms with Crippen molar-refractivity contribution in [1.29, 1.82) is 0 Å². The van der Waals surface area contributed by atoms with Gasteiger partial charge >= 0.3 is 0 Å². The lowest BCUT2D eigenvalue weighted by molar-refractivity contribution is 0.415. The van der Waals surface area contributed by atoms with Crippen molar-refractivity contribution in [2.45, 2.75) is 32.2 Å². The smallest absolute Gasteiger partial charge is 0.264 e. The summed E-state index contributed by atoms with van der Waals surface area (Å²) in [6.07, 6.45) is 0. The number of hydrogen-bond donors (Lipinski definition) is 0. The predicted octanol–water partition coefficient (Wildman–Crippen LogP) is 5.67. The Hall–Kier alpha value is -3.58. The number of oxazole rings is 1. The van der Waals surface area contributed by atoms with Crippen LogP contribution in [0.4, 0.5) is 5.69 Å². The zero-order chi connectivity index (χ0) is 23.6. The molecule has 6 nitrogen and oxygen atoms in total. The van der Waals surface area contributed by atoms with Gasteiger partial charge < -0.3 is 9.15 Å². The Bertz CT molecular complexity index is 1360. The average Bonchev–Trinajstić information content (AvgIpc) is 3.18. The Kier molecular flexibility index (Phi) is 6.24. The minimum Gasteiger partial charge on any atom is -0.497 e. The highest BCUT2D eigenvalue weighted by Crippen LogP contribution is 2.30. The second-order valence-electron chi connectivity index (χ2n) is 7.91. The molecule has 0 radical (unpaired) electrons. The molecule has 0 aliphatic heterocycles. The average molecular weight is 463 g/mol. The number of aryl methyl sites for hydroxylation is 3. The van der Waals surface area contributed by atoms with Crippen LogP contribution in [0.5, 0.6) is 5.75 Å². The lowest BCUT2D eigenvalue weighted by Crippen LogP contribution is -2.31. The van der Waals surface area contributed by atoms with Crippen molar-refractivity contribution >= 4 is 15.7 Å². The summed E-state index contributed by atoms with van der Waals surface area (Å²) in [5, 5.41) is 0. The van der Waals surface area contributed by atoms with Crippen LogP contribution in [0.2, 0.25) is 0 Å². The van der Waals surface area contributed by atoms with Gasteiger partial charge in [-0.3, -0.25) is 4.31 Å². The zero-order valence-electron chi connectivity index (χ0n) is 19.1. The third kappa shape index (κ3) is 4.78. The van der Waals surface area contributed by atoms with Gasteiger partial charge in [0.15, 0.2) is 0 Å². The number of hydrogen-bond acceptors (Lipinski definition) is 5. The Morgan fingerprint density at radius 2 is 1.61 bits per heavy atom. The van der Waals surface area contributed by atoms with Crippen LogP contribution in [0, 0.1) is 20.8 Å². The van der Waals surface area contributed by atoms with Crippen molar-refractivity contribution in [3.8, 4) is 17.2 Å². The van der Waals surface area contributed by atoms with E-state index in [-0.39, 0.29) is 11.4 Å². The molecule has 170 valence electrons. The highest BCUT2D eigenvalue weighted by molar-refractivity contribution is 7.92. The summed E-state index contributed by atoms with van der Waals surface area (Å²) in [7, 11) is -2.29. The van der Waals surface area contributed by atoms with Gasteiger partial charge in [0, 0.05) is 5.56 Å². The minimum atomic E-state index is -3.86. The third-order valence-electron chi connectivity index (χ3n) is 5.42. The summed E-state index contributed by atoms with van der Waals surface area (Å²) in [5.41, 5.74) is 3.99. The van der Waals surface area contributed by atoms with Gasteiger partial charge in [-0.2, -0.15) is 0 Å². The van der Waals surface area contributed by atoms with Crippen molar-refractivity contribution < 1.29 is 17.6 Å². The van der Waals surface area contributed by atoms with E-state index in [0.717, 1.165) is 16.7 Å². The van der Waals surface area contributed by atoms with Crippen molar-refractivity contribution in [2.75, 3.05) is 11.4 Å².